The van der Waals surface area contributed by atoms with Crippen LogP contribution in [0.5, 0.6) is 0 Å². The number of aryl methyl sites for hydroxylation is 1. The maximum atomic E-state index is 12.7. The molecule has 1 aromatic rings. The zero-order chi connectivity index (χ0) is 16.7. The Morgan fingerprint density at radius 3 is 2.14 bits per heavy atom. The third kappa shape index (κ3) is 2.20. The average molecular weight is 305 g/mol. The second-order valence-corrected chi connectivity index (χ2v) is 6.59. The monoisotopic (exact) mass is 305 g/mol. The number of carbonyl (C=O) groups is 2. The van der Waals surface area contributed by atoms with Gasteiger partial charge in [-0.25, -0.2) is 4.79 Å². The summed E-state index contributed by atoms with van der Waals surface area (Å²) in [4.78, 5) is 26.7. The van der Waals surface area contributed by atoms with Crippen molar-refractivity contribution in [2.45, 2.75) is 44.9 Å². The smallest absolute Gasteiger partial charge is 0.350 e. The van der Waals surface area contributed by atoms with Crippen molar-refractivity contribution in [1.29, 1.82) is 0 Å². The van der Waals surface area contributed by atoms with E-state index in [1.165, 1.54) is 14.2 Å². The highest BCUT2D eigenvalue weighted by Gasteiger charge is 2.70. The molecule has 2 atom stereocenters. The van der Waals surface area contributed by atoms with E-state index in [4.69, 9.17) is 9.47 Å². The van der Waals surface area contributed by atoms with E-state index >= 15 is 0 Å². The van der Waals surface area contributed by atoms with Gasteiger partial charge in [0.1, 0.15) is 6.04 Å². The van der Waals surface area contributed by atoms with Crippen LogP contribution >= 0.6 is 0 Å². The van der Waals surface area contributed by atoms with Gasteiger partial charge in [0.05, 0.1) is 7.11 Å². The minimum atomic E-state index is -1.60. The fraction of sp³-hybridized carbons (Fsp3) is 0.529. The average Bonchev–Trinajstić information content (AvgIpc) is 2.45. The number of nitrogens with zero attached hydrogens (tertiary/aromatic N) is 1. The molecule has 22 heavy (non-hydrogen) atoms. The molecule has 1 saturated heterocycles. The molecule has 1 fully saturated rings. The first-order valence-electron chi connectivity index (χ1n) is 7.24. The van der Waals surface area contributed by atoms with E-state index in [0.717, 1.165) is 11.1 Å². The zero-order valence-electron chi connectivity index (χ0n) is 14.0. The highest BCUT2D eigenvalue weighted by Crippen LogP contribution is 2.50. The third-order valence-corrected chi connectivity index (χ3v) is 4.11. The fourth-order valence-electron chi connectivity index (χ4n) is 2.99. The number of esters is 1. The van der Waals surface area contributed by atoms with Gasteiger partial charge in [0.25, 0.3) is 11.5 Å². The highest BCUT2D eigenvalue weighted by molar-refractivity contribution is 6.12. The highest BCUT2D eigenvalue weighted by atomic mass is 16.6. The summed E-state index contributed by atoms with van der Waals surface area (Å²) in [5, 5.41) is 0. The van der Waals surface area contributed by atoms with Gasteiger partial charge in [0.15, 0.2) is 0 Å². The van der Waals surface area contributed by atoms with Crippen LogP contribution in [0.3, 0.4) is 0 Å². The van der Waals surface area contributed by atoms with Crippen molar-refractivity contribution in [3.05, 3.63) is 35.4 Å². The van der Waals surface area contributed by atoms with Crippen molar-refractivity contribution >= 4 is 11.9 Å². The van der Waals surface area contributed by atoms with Gasteiger partial charge in [-0.05, 0) is 33.3 Å². The summed E-state index contributed by atoms with van der Waals surface area (Å²) >= 11 is 0. The molecule has 0 aromatic heterocycles. The number of methoxy groups -OCH3 is 2. The Hall–Kier alpha value is -1.88. The SMILES string of the molecule is COC(=O)[C@@]1(OC)C(=O)N(C(C)(C)C)[C@H]1c1ccc(C)cc1. The standard InChI is InChI=1S/C17H23NO4/c1-11-7-9-12(10-8-11)13-17(22-6,15(20)21-5)14(19)18(13)16(2,3)4/h7-10,13H,1-6H3/t13-,17-/m0/s1. The molecule has 120 valence electrons. The number of amides is 1. The molecule has 0 aliphatic carbocycles. The Morgan fingerprint density at radius 2 is 1.73 bits per heavy atom. The zero-order valence-corrected chi connectivity index (χ0v) is 14.0. The van der Waals surface area contributed by atoms with Gasteiger partial charge in [-0.1, -0.05) is 29.8 Å². The minimum absolute atomic E-state index is 0.361. The van der Waals surface area contributed by atoms with Gasteiger partial charge < -0.3 is 14.4 Å². The lowest BCUT2D eigenvalue weighted by Gasteiger charge is -2.58. The lowest BCUT2D eigenvalue weighted by molar-refractivity contribution is -0.222. The largest absolute Gasteiger partial charge is 0.466 e. The molecule has 0 saturated carbocycles. The van der Waals surface area contributed by atoms with E-state index in [0.29, 0.717) is 0 Å². The second kappa shape index (κ2) is 5.39. The lowest BCUT2D eigenvalue weighted by atomic mass is 9.74. The van der Waals surface area contributed by atoms with Crippen molar-refractivity contribution in [3.63, 3.8) is 0 Å². The van der Waals surface area contributed by atoms with Crippen LogP contribution in [0.1, 0.15) is 37.9 Å². The molecule has 0 bridgehead atoms. The molecular weight excluding hydrogens is 282 g/mol. The Morgan fingerprint density at radius 1 is 1.18 bits per heavy atom. The van der Waals surface area contributed by atoms with E-state index in [9.17, 15) is 9.59 Å². The number of hydrogen-bond acceptors (Lipinski definition) is 4. The van der Waals surface area contributed by atoms with Gasteiger partial charge in [-0.3, -0.25) is 4.79 Å². The van der Waals surface area contributed by atoms with Crippen LogP contribution in [0.4, 0.5) is 0 Å². The van der Waals surface area contributed by atoms with E-state index < -0.39 is 23.2 Å². The topological polar surface area (TPSA) is 55.8 Å². The van der Waals surface area contributed by atoms with Gasteiger partial charge in [-0.15, -0.1) is 0 Å². The maximum Gasteiger partial charge on any atom is 0.350 e. The summed E-state index contributed by atoms with van der Waals surface area (Å²) in [6, 6.07) is 7.25. The molecule has 1 aliphatic heterocycles. The third-order valence-electron chi connectivity index (χ3n) is 4.11. The number of carbonyl (C=O) groups excluding carboxylic acids is 2. The molecule has 1 heterocycles. The molecule has 0 unspecified atom stereocenters. The van der Waals surface area contributed by atoms with Gasteiger partial charge in [-0.2, -0.15) is 0 Å². The Labute approximate surface area is 131 Å². The number of ether oxygens (including phenoxy) is 2. The number of hydrogen-bond donors (Lipinski definition) is 0. The van der Waals surface area contributed by atoms with Crippen molar-refractivity contribution in [3.8, 4) is 0 Å². The number of rotatable bonds is 3. The first-order valence-corrected chi connectivity index (χ1v) is 7.24. The summed E-state index contributed by atoms with van der Waals surface area (Å²) < 4.78 is 10.2. The first kappa shape index (κ1) is 16.5. The summed E-state index contributed by atoms with van der Waals surface area (Å²) in [5.74, 6) is -1.02. The normalized spacial score (nSPS) is 24.9. The van der Waals surface area contributed by atoms with Crippen LogP contribution in [0.15, 0.2) is 24.3 Å². The molecular formula is C17H23NO4. The molecule has 0 spiro atoms. The van der Waals surface area contributed by atoms with E-state index in [2.05, 4.69) is 0 Å². The van der Waals surface area contributed by atoms with Crippen LogP contribution in [0, 0.1) is 6.92 Å². The quantitative estimate of drug-likeness (QED) is 0.488. The molecule has 0 N–H and O–H groups in total. The van der Waals surface area contributed by atoms with Crippen LogP contribution in [-0.2, 0) is 19.1 Å². The summed E-state index contributed by atoms with van der Waals surface area (Å²) in [5.41, 5.74) is -0.0647. The summed E-state index contributed by atoms with van der Waals surface area (Å²) in [7, 11) is 2.64. The van der Waals surface area contributed by atoms with Crippen LogP contribution in [0.2, 0.25) is 0 Å². The number of benzene rings is 1. The van der Waals surface area contributed by atoms with Crippen molar-refractivity contribution in [2.24, 2.45) is 0 Å². The van der Waals surface area contributed by atoms with E-state index in [1.807, 2.05) is 52.0 Å². The molecule has 2 rings (SSSR count). The van der Waals surface area contributed by atoms with Crippen LogP contribution in [0.25, 0.3) is 0 Å². The predicted octanol–water partition coefficient (Wildman–Crippen LogP) is 2.24. The first-order chi connectivity index (χ1) is 10.2. The predicted molar refractivity (Wildman–Crippen MR) is 82.3 cm³/mol. The molecule has 0 radical (unpaired) electrons. The molecule has 5 nitrogen and oxygen atoms in total. The van der Waals surface area contributed by atoms with E-state index in [-0.39, 0.29) is 5.91 Å². The van der Waals surface area contributed by atoms with E-state index in [1.54, 1.807) is 4.90 Å². The molecule has 1 aliphatic rings. The number of likely N-dealkylation sites (tertiary alicyclic amines) is 1. The molecule has 1 amide bonds. The Bertz CT molecular complexity index is 588. The minimum Gasteiger partial charge on any atom is -0.466 e. The lowest BCUT2D eigenvalue weighted by Crippen LogP contribution is -2.76. The summed E-state index contributed by atoms with van der Waals surface area (Å²) in [6.07, 6.45) is 0. The van der Waals surface area contributed by atoms with Crippen molar-refractivity contribution in [2.75, 3.05) is 14.2 Å². The molecule has 1 aromatic carbocycles. The van der Waals surface area contributed by atoms with Crippen molar-refractivity contribution < 1.29 is 19.1 Å². The Balaban J connectivity index is 2.57. The number of β-lactam (4-membered cyclic amide) rings is 1. The maximum absolute atomic E-state index is 12.7. The van der Waals surface area contributed by atoms with Crippen LogP contribution in [-0.4, -0.2) is 42.1 Å². The molecule has 5 heteroatoms. The fourth-order valence-corrected chi connectivity index (χ4v) is 2.99. The summed E-state index contributed by atoms with van der Waals surface area (Å²) in [6.45, 7) is 7.79. The van der Waals surface area contributed by atoms with Crippen LogP contribution < -0.4 is 0 Å². The second-order valence-electron chi connectivity index (χ2n) is 6.59. The van der Waals surface area contributed by atoms with Gasteiger partial charge in [0.2, 0.25) is 0 Å². The Kier molecular flexibility index (Phi) is 4.04. The van der Waals surface area contributed by atoms with Gasteiger partial charge >= 0.3 is 5.97 Å². The van der Waals surface area contributed by atoms with Crippen molar-refractivity contribution in [1.82, 2.24) is 4.90 Å². The van der Waals surface area contributed by atoms with Gasteiger partial charge in [0, 0.05) is 12.6 Å².